The maximum Gasteiger partial charge on any atom is 0.160 e. The highest BCUT2D eigenvalue weighted by molar-refractivity contribution is 5.75. The molecular weight excluding hydrogens is 408 g/mol. The molecule has 3 aromatic carbocycles. The first-order valence-corrected chi connectivity index (χ1v) is 11.7. The van der Waals surface area contributed by atoms with E-state index < -0.39 is 0 Å². The molecule has 1 aromatic heterocycles. The average molecular weight is 439 g/mol. The normalized spacial score (nSPS) is 10.8. The first kappa shape index (κ1) is 22.5. The average Bonchev–Trinajstić information content (AvgIpc) is 2.87. The Kier molecular flexibility index (Phi) is 7.70. The minimum atomic E-state index is 0.148. The molecule has 1 N–H and O–H groups in total. The summed E-state index contributed by atoms with van der Waals surface area (Å²) in [5.74, 6) is 1.45. The number of aromatic hydroxyl groups is 1. The highest BCUT2D eigenvalue weighted by Gasteiger charge is 2.13. The lowest BCUT2D eigenvalue weighted by atomic mass is 10.1. The number of nitrogens with zero attached hydrogens (tertiary/aromatic N) is 2. The topological polar surface area (TPSA) is 55.2 Å². The zero-order valence-corrected chi connectivity index (χ0v) is 19.1. The minimum absolute atomic E-state index is 0.148. The summed E-state index contributed by atoms with van der Waals surface area (Å²) in [6, 6.07) is 27.3. The molecule has 4 aromatic rings. The van der Waals surface area contributed by atoms with Crippen LogP contribution in [0.3, 0.4) is 0 Å². The molecule has 1 heterocycles. The largest absolute Gasteiger partial charge is 0.507 e. The van der Waals surface area contributed by atoms with Gasteiger partial charge in [0.2, 0.25) is 0 Å². The van der Waals surface area contributed by atoms with E-state index in [1.54, 1.807) is 6.07 Å². The first-order valence-electron chi connectivity index (χ1n) is 11.7. The molecule has 0 spiro atoms. The smallest absolute Gasteiger partial charge is 0.160 e. The maximum absolute atomic E-state index is 10.8. The van der Waals surface area contributed by atoms with E-state index >= 15 is 0 Å². The summed E-state index contributed by atoms with van der Waals surface area (Å²) >= 11 is 0. The number of phenols is 1. The van der Waals surface area contributed by atoms with Gasteiger partial charge in [-0.1, -0.05) is 93.3 Å². The molecule has 0 bridgehead atoms. The standard InChI is InChI=1S/C29H30N2O2/c1-2-3-4-5-12-19-33-24-17-18-25(28(32)20-24)27-21-26(22-13-8-6-9-14-22)30-29(31-27)23-15-10-7-11-16-23/h6-11,13-18,20-21,32H,2-5,12,19H2,1H3. The van der Waals surface area contributed by atoms with Gasteiger partial charge in [-0.05, 0) is 24.6 Å². The molecule has 33 heavy (non-hydrogen) atoms. The van der Waals surface area contributed by atoms with Crippen LogP contribution in [0.2, 0.25) is 0 Å². The number of phenolic OH excluding ortho intramolecular Hbond substituents is 1. The van der Waals surface area contributed by atoms with Crippen LogP contribution in [0.5, 0.6) is 11.5 Å². The number of hydrogen-bond donors (Lipinski definition) is 1. The SMILES string of the molecule is CCCCCCCOc1ccc(-c2cc(-c3ccccc3)nc(-c3ccccc3)n2)c(O)c1. The fraction of sp³-hybridized carbons (Fsp3) is 0.241. The predicted octanol–water partition coefficient (Wildman–Crippen LogP) is 7.53. The maximum atomic E-state index is 10.8. The molecule has 4 nitrogen and oxygen atoms in total. The van der Waals surface area contributed by atoms with Crippen LogP contribution in [-0.4, -0.2) is 21.7 Å². The van der Waals surface area contributed by atoms with Gasteiger partial charge in [-0.2, -0.15) is 0 Å². The lowest BCUT2D eigenvalue weighted by molar-refractivity contribution is 0.303. The number of ether oxygens (including phenoxy) is 1. The second-order valence-corrected chi connectivity index (χ2v) is 8.14. The molecule has 0 amide bonds. The fourth-order valence-electron chi connectivity index (χ4n) is 3.77. The van der Waals surface area contributed by atoms with Crippen LogP contribution in [0.1, 0.15) is 39.0 Å². The van der Waals surface area contributed by atoms with Crippen molar-refractivity contribution in [3.8, 4) is 45.4 Å². The zero-order chi connectivity index (χ0) is 22.9. The third-order valence-electron chi connectivity index (χ3n) is 5.59. The van der Waals surface area contributed by atoms with E-state index in [4.69, 9.17) is 14.7 Å². The highest BCUT2D eigenvalue weighted by atomic mass is 16.5. The third-order valence-corrected chi connectivity index (χ3v) is 5.59. The first-order chi connectivity index (χ1) is 16.2. The fourth-order valence-corrected chi connectivity index (χ4v) is 3.77. The van der Waals surface area contributed by atoms with Crippen LogP contribution in [0.25, 0.3) is 33.9 Å². The van der Waals surface area contributed by atoms with E-state index in [1.807, 2.05) is 78.9 Å². The predicted molar refractivity (Wildman–Crippen MR) is 134 cm³/mol. The van der Waals surface area contributed by atoms with Crippen molar-refractivity contribution in [2.45, 2.75) is 39.0 Å². The molecule has 4 heteroatoms. The van der Waals surface area contributed by atoms with Crippen LogP contribution >= 0.6 is 0 Å². The van der Waals surface area contributed by atoms with E-state index in [-0.39, 0.29) is 5.75 Å². The lowest BCUT2D eigenvalue weighted by Gasteiger charge is -2.12. The molecule has 4 rings (SSSR count). The van der Waals surface area contributed by atoms with Gasteiger partial charge in [-0.3, -0.25) is 0 Å². The van der Waals surface area contributed by atoms with Gasteiger partial charge < -0.3 is 9.84 Å². The Hall–Kier alpha value is -3.66. The minimum Gasteiger partial charge on any atom is -0.507 e. The van der Waals surface area contributed by atoms with Crippen LogP contribution in [0, 0.1) is 0 Å². The molecule has 0 aliphatic rings. The number of rotatable bonds is 10. The van der Waals surface area contributed by atoms with E-state index in [2.05, 4.69) is 6.92 Å². The van der Waals surface area contributed by atoms with Crippen molar-refractivity contribution in [3.63, 3.8) is 0 Å². The Bertz CT molecular complexity index is 1100. The molecule has 0 atom stereocenters. The molecular formula is C29H30N2O2. The summed E-state index contributed by atoms with van der Waals surface area (Å²) in [6.45, 7) is 2.87. The molecule has 0 aliphatic carbocycles. The van der Waals surface area contributed by atoms with Crippen molar-refractivity contribution >= 4 is 0 Å². The molecule has 0 unspecified atom stereocenters. The van der Waals surface area contributed by atoms with Crippen molar-refractivity contribution in [2.75, 3.05) is 6.61 Å². The van der Waals surface area contributed by atoms with Crippen LogP contribution in [0.4, 0.5) is 0 Å². The second kappa shape index (κ2) is 11.3. The van der Waals surface area contributed by atoms with E-state index in [0.29, 0.717) is 29.4 Å². The number of hydrogen-bond acceptors (Lipinski definition) is 4. The van der Waals surface area contributed by atoms with Gasteiger partial charge in [0, 0.05) is 22.8 Å². The van der Waals surface area contributed by atoms with Gasteiger partial charge in [0.25, 0.3) is 0 Å². The summed E-state index contributed by atoms with van der Waals surface area (Å²) < 4.78 is 5.85. The summed E-state index contributed by atoms with van der Waals surface area (Å²) in [4.78, 5) is 9.58. The van der Waals surface area contributed by atoms with Crippen LogP contribution in [0.15, 0.2) is 84.9 Å². The Morgan fingerprint density at radius 2 is 1.36 bits per heavy atom. The van der Waals surface area contributed by atoms with Crippen molar-refractivity contribution in [3.05, 3.63) is 84.9 Å². The molecule has 168 valence electrons. The summed E-state index contributed by atoms with van der Waals surface area (Å²) in [5, 5.41) is 10.8. The second-order valence-electron chi connectivity index (χ2n) is 8.14. The van der Waals surface area contributed by atoms with Gasteiger partial charge >= 0.3 is 0 Å². The van der Waals surface area contributed by atoms with Crippen LogP contribution in [-0.2, 0) is 0 Å². The molecule has 0 fully saturated rings. The molecule has 0 saturated carbocycles. The van der Waals surface area contributed by atoms with Gasteiger partial charge in [-0.15, -0.1) is 0 Å². The third kappa shape index (κ3) is 5.98. The quantitative estimate of drug-likeness (QED) is 0.260. The number of benzene rings is 3. The highest BCUT2D eigenvalue weighted by Crippen LogP contribution is 2.34. The molecule has 0 radical (unpaired) electrons. The van der Waals surface area contributed by atoms with Crippen molar-refractivity contribution in [1.29, 1.82) is 0 Å². The van der Waals surface area contributed by atoms with Gasteiger partial charge in [0.1, 0.15) is 11.5 Å². The Morgan fingerprint density at radius 3 is 2.06 bits per heavy atom. The Balaban J connectivity index is 1.61. The Morgan fingerprint density at radius 1 is 0.697 bits per heavy atom. The summed E-state index contributed by atoms with van der Waals surface area (Å²) in [6.07, 6.45) is 5.94. The number of unbranched alkanes of at least 4 members (excludes halogenated alkanes) is 4. The van der Waals surface area contributed by atoms with E-state index in [0.717, 1.165) is 23.2 Å². The molecule has 0 aliphatic heterocycles. The molecule has 0 saturated heterocycles. The van der Waals surface area contributed by atoms with Crippen molar-refractivity contribution < 1.29 is 9.84 Å². The van der Waals surface area contributed by atoms with Gasteiger partial charge in [0.15, 0.2) is 5.82 Å². The zero-order valence-electron chi connectivity index (χ0n) is 19.1. The van der Waals surface area contributed by atoms with Gasteiger partial charge in [0.05, 0.1) is 18.0 Å². The Labute approximate surface area is 196 Å². The summed E-state index contributed by atoms with van der Waals surface area (Å²) in [5.41, 5.74) is 4.07. The van der Waals surface area contributed by atoms with Gasteiger partial charge in [-0.25, -0.2) is 9.97 Å². The van der Waals surface area contributed by atoms with E-state index in [9.17, 15) is 5.11 Å². The van der Waals surface area contributed by atoms with Crippen molar-refractivity contribution in [2.24, 2.45) is 0 Å². The van der Waals surface area contributed by atoms with Crippen molar-refractivity contribution in [1.82, 2.24) is 9.97 Å². The number of aromatic nitrogens is 2. The van der Waals surface area contributed by atoms with Crippen LogP contribution < -0.4 is 4.74 Å². The summed E-state index contributed by atoms with van der Waals surface area (Å²) in [7, 11) is 0. The van der Waals surface area contributed by atoms with E-state index in [1.165, 1.54) is 25.7 Å². The lowest BCUT2D eigenvalue weighted by Crippen LogP contribution is -1.98. The monoisotopic (exact) mass is 438 g/mol.